The van der Waals surface area contributed by atoms with Gasteiger partial charge in [0.05, 0.1) is 0 Å². The van der Waals surface area contributed by atoms with E-state index in [1.807, 2.05) is 0 Å². The van der Waals surface area contributed by atoms with Crippen LogP contribution in [0.5, 0.6) is 0 Å². The predicted octanol–water partition coefficient (Wildman–Crippen LogP) is 0.167. The Morgan fingerprint density at radius 2 is 2.06 bits per heavy atom. The summed E-state index contributed by atoms with van der Waals surface area (Å²) in [4.78, 5) is 12.7. The third kappa shape index (κ3) is 3.08. The summed E-state index contributed by atoms with van der Waals surface area (Å²) < 4.78 is 0. The normalized spacial score (nSPS) is 18.4. The van der Waals surface area contributed by atoms with Gasteiger partial charge in [0.2, 0.25) is 5.95 Å². The van der Waals surface area contributed by atoms with E-state index >= 15 is 0 Å². The molecular weight excluding hydrogens is 228 g/mol. The van der Waals surface area contributed by atoms with Gasteiger partial charge in [0.1, 0.15) is 5.82 Å². The second-order valence-corrected chi connectivity index (χ2v) is 5.09. The minimum Gasteiger partial charge on any atom is -0.383 e. The molecule has 0 bridgehead atoms. The van der Waals surface area contributed by atoms with E-state index in [1.165, 1.54) is 12.8 Å². The van der Waals surface area contributed by atoms with Crippen molar-refractivity contribution in [2.75, 3.05) is 38.7 Å². The Balaban J connectivity index is 1.96. The second-order valence-electron chi connectivity index (χ2n) is 5.09. The first kappa shape index (κ1) is 13.0. The number of hydrogen-bond donors (Lipinski definition) is 2. The zero-order valence-corrected chi connectivity index (χ0v) is 11.1. The largest absolute Gasteiger partial charge is 0.383 e. The van der Waals surface area contributed by atoms with E-state index in [2.05, 4.69) is 33.9 Å². The van der Waals surface area contributed by atoms with Crippen molar-refractivity contribution in [1.29, 1.82) is 0 Å². The van der Waals surface area contributed by atoms with Crippen molar-refractivity contribution in [3.63, 3.8) is 0 Å². The number of piperidine rings is 1. The summed E-state index contributed by atoms with van der Waals surface area (Å²) in [6.07, 6.45) is 4.12. The molecule has 18 heavy (non-hydrogen) atoms. The summed E-state index contributed by atoms with van der Waals surface area (Å²) >= 11 is 0. The van der Waals surface area contributed by atoms with E-state index in [9.17, 15) is 0 Å². The Labute approximate surface area is 108 Å². The zero-order valence-electron chi connectivity index (χ0n) is 11.1. The highest BCUT2D eigenvalue weighted by Gasteiger charge is 2.21. The Morgan fingerprint density at radius 3 is 2.67 bits per heavy atom. The molecule has 2 heterocycles. The summed E-state index contributed by atoms with van der Waals surface area (Å²) in [5.74, 6) is 0.723. The van der Waals surface area contributed by atoms with Crippen LogP contribution in [0.3, 0.4) is 0 Å². The first-order valence-electron chi connectivity index (χ1n) is 6.32. The molecule has 2 rings (SSSR count). The smallest absolute Gasteiger partial charge is 0.221 e. The van der Waals surface area contributed by atoms with Gasteiger partial charge in [-0.15, -0.1) is 0 Å². The molecule has 6 nitrogen and oxygen atoms in total. The Hall–Kier alpha value is -1.40. The number of likely N-dealkylation sites (tertiary alicyclic amines) is 1. The highest BCUT2D eigenvalue weighted by atomic mass is 15.2. The highest BCUT2D eigenvalue weighted by Crippen LogP contribution is 2.18. The van der Waals surface area contributed by atoms with Gasteiger partial charge in [-0.3, -0.25) is 4.90 Å². The van der Waals surface area contributed by atoms with Crippen LogP contribution in [0, 0.1) is 0 Å². The number of anilines is 2. The number of nitrogens with two attached hydrogens (primary N) is 2. The second kappa shape index (κ2) is 5.49. The molecule has 4 N–H and O–H groups in total. The highest BCUT2D eigenvalue weighted by molar-refractivity contribution is 5.41. The van der Waals surface area contributed by atoms with Crippen LogP contribution in [-0.4, -0.2) is 53.0 Å². The Bertz CT molecular complexity index is 400. The lowest BCUT2D eigenvalue weighted by Gasteiger charge is -2.35. The lowest BCUT2D eigenvalue weighted by molar-refractivity contribution is 0.139. The first-order chi connectivity index (χ1) is 8.56. The van der Waals surface area contributed by atoms with Crippen LogP contribution in [0.15, 0.2) is 6.20 Å². The fraction of sp³-hybridized carbons (Fsp3) is 0.667. The molecule has 0 saturated carbocycles. The number of rotatable bonds is 3. The van der Waals surface area contributed by atoms with E-state index in [0.717, 1.165) is 25.2 Å². The molecule has 6 heteroatoms. The fourth-order valence-electron chi connectivity index (χ4n) is 2.39. The van der Waals surface area contributed by atoms with E-state index in [-0.39, 0.29) is 5.95 Å². The third-order valence-corrected chi connectivity index (χ3v) is 3.65. The topological polar surface area (TPSA) is 84.3 Å². The number of nitrogen functional groups attached to an aromatic ring is 2. The van der Waals surface area contributed by atoms with Crippen LogP contribution in [0.25, 0.3) is 0 Å². The molecule has 0 aliphatic carbocycles. The molecule has 1 aliphatic rings. The zero-order chi connectivity index (χ0) is 13.1. The maximum atomic E-state index is 5.86. The SMILES string of the molecule is CN1CCC(N(C)Cc2cnc(N)nc2N)CC1. The van der Waals surface area contributed by atoms with Crippen molar-refractivity contribution in [1.82, 2.24) is 19.8 Å². The quantitative estimate of drug-likeness (QED) is 0.795. The minimum atomic E-state index is 0.234. The molecule has 0 aromatic carbocycles. The summed E-state index contributed by atoms with van der Waals surface area (Å²) in [5, 5.41) is 0. The van der Waals surface area contributed by atoms with Gasteiger partial charge in [0.15, 0.2) is 0 Å². The third-order valence-electron chi connectivity index (χ3n) is 3.65. The molecule has 1 saturated heterocycles. The van der Waals surface area contributed by atoms with Crippen LogP contribution in [0.4, 0.5) is 11.8 Å². The number of nitrogens with zero attached hydrogens (tertiary/aromatic N) is 4. The van der Waals surface area contributed by atoms with Crippen LogP contribution in [0.2, 0.25) is 0 Å². The van der Waals surface area contributed by atoms with Gasteiger partial charge >= 0.3 is 0 Å². The molecule has 1 fully saturated rings. The predicted molar refractivity (Wildman–Crippen MR) is 72.8 cm³/mol. The molecule has 0 unspecified atom stereocenters. The van der Waals surface area contributed by atoms with Gasteiger partial charge in [-0.05, 0) is 40.0 Å². The lowest BCUT2D eigenvalue weighted by Crippen LogP contribution is -2.41. The number of hydrogen-bond acceptors (Lipinski definition) is 6. The average molecular weight is 250 g/mol. The summed E-state index contributed by atoms with van der Waals surface area (Å²) in [6, 6.07) is 0.609. The average Bonchev–Trinajstić information content (AvgIpc) is 2.33. The lowest BCUT2D eigenvalue weighted by atomic mass is 10.0. The van der Waals surface area contributed by atoms with E-state index < -0.39 is 0 Å². The minimum absolute atomic E-state index is 0.234. The molecule has 0 radical (unpaired) electrons. The van der Waals surface area contributed by atoms with Crippen molar-refractivity contribution in [3.05, 3.63) is 11.8 Å². The van der Waals surface area contributed by atoms with E-state index in [0.29, 0.717) is 11.9 Å². The van der Waals surface area contributed by atoms with E-state index in [1.54, 1.807) is 6.20 Å². The first-order valence-corrected chi connectivity index (χ1v) is 6.32. The number of aromatic nitrogens is 2. The van der Waals surface area contributed by atoms with E-state index in [4.69, 9.17) is 11.5 Å². The maximum Gasteiger partial charge on any atom is 0.221 e. The van der Waals surface area contributed by atoms with Gasteiger partial charge in [-0.2, -0.15) is 4.98 Å². The van der Waals surface area contributed by atoms with Crippen LogP contribution in [-0.2, 0) is 6.54 Å². The van der Waals surface area contributed by atoms with Crippen molar-refractivity contribution in [2.24, 2.45) is 0 Å². The van der Waals surface area contributed by atoms with Crippen LogP contribution < -0.4 is 11.5 Å². The van der Waals surface area contributed by atoms with Crippen LogP contribution >= 0.6 is 0 Å². The summed E-state index contributed by atoms with van der Waals surface area (Å²) in [7, 11) is 4.30. The Morgan fingerprint density at radius 1 is 1.39 bits per heavy atom. The monoisotopic (exact) mass is 250 g/mol. The molecular formula is C12H22N6. The van der Waals surface area contributed by atoms with Crippen molar-refractivity contribution < 1.29 is 0 Å². The van der Waals surface area contributed by atoms with Gasteiger partial charge in [0, 0.05) is 24.3 Å². The molecule has 100 valence electrons. The molecule has 0 spiro atoms. The van der Waals surface area contributed by atoms with Gasteiger partial charge in [-0.25, -0.2) is 4.98 Å². The van der Waals surface area contributed by atoms with Gasteiger partial charge < -0.3 is 16.4 Å². The van der Waals surface area contributed by atoms with Crippen molar-refractivity contribution in [2.45, 2.75) is 25.4 Å². The van der Waals surface area contributed by atoms with Gasteiger partial charge in [0.25, 0.3) is 0 Å². The van der Waals surface area contributed by atoms with Crippen molar-refractivity contribution in [3.8, 4) is 0 Å². The van der Waals surface area contributed by atoms with Gasteiger partial charge in [-0.1, -0.05) is 0 Å². The maximum absolute atomic E-state index is 5.86. The molecule has 0 amide bonds. The standard InChI is InChI=1S/C12H22N6/c1-17-5-3-10(4-6-17)18(2)8-9-7-15-12(14)16-11(9)13/h7,10H,3-6,8H2,1-2H3,(H4,13,14,15,16). The summed E-state index contributed by atoms with van der Waals surface area (Å²) in [5.41, 5.74) is 12.3. The molecule has 1 aromatic rings. The summed E-state index contributed by atoms with van der Waals surface area (Å²) in [6.45, 7) is 3.09. The fourth-order valence-corrected chi connectivity index (χ4v) is 2.39. The molecule has 0 atom stereocenters. The Kier molecular flexibility index (Phi) is 3.98. The molecule has 1 aliphatic heterocycles. The van der Waals surface area contributed by atoms with Crippen molar-refractivity contribution >= 4 is 11.8 Å². The van der Waals surface area contributed by atoms with Crippen LogP contribution in [0.1, 0.15) is 18.4 Å². The molecule has 1 aromatic heterocycles.